The fourth-order valence-electron chi connectivity index (χ4n) is 1.50. The Labute approximate surface area is 120 Å². The second kappa shape index (κ2) is 6.25. The molecule has 1 atom stereocenters. The number of hydrogen-bond donors (Lipinski definition) is 0. The minimum Gasteiger partial charge on any atom is -0.492 e. The summed E-state index contributed by atoms with van der Waals surface area (Å²) in [5.41, 5.74) is 1.03. The van der Waals surface area contributed by atoms with Crippen LogP contribution in [0.1, 0.15) is 17.9 Å². The summed E-state index contributed by atoms with van der Waals surface area (Å²) in [6, 6.07) is 7.77. The van der Waals surface area contributed by atoms with E-state index in [1.54, 1.807) is 6.20 Å². The minimum absolute atomic E-state index is 0.00820. The van der Waals surface area contributed by atoms with Gasteiger partial charge in [0.1, 0.15) is 12.4 Å². The van der Waals surface area contributed by atoms with Gasteiger partial charge in [-0.3, -0.25) is 4.68 Å². The van der Waals surface area contributed by atoms with E-state index in [1.165, 1.54) is 0 Å². The Morgan fingerprint density at radius 1 is 1.39 bits per heavy atom. The van der Waals surface area contributed by atoms with E-state index in [2.05, 4.69) is 21.0 Å². The molecule has 3 nitrogen and oxygen atoms in total. The van der Waals surface area contributed by atoms with Crippen molar-refractivity contribution in [3.63, 3.8) is 0 Å². The number of alkyl halides is 1. The molecule has 1 aromatic heterocycles. The number of halogens is 2. The topological polar surface area (TPSA) is 27.1 Å². The molecule has 0 amide bonds. The van der Waals surface area contributed by atoms with Crippen molar-refractivity contribution in [2.45, 2.75) is 18.8 Å². The first-order valence-corrected chi connectivity index (χ1v) is 6.93. The number of benzene rings is 1. The second-order valence-corrected chi connectivity index (χ2v) is 5.53. The van der Waals surface area contributed by atoms with Gasteiger partial charge in [-0.25, -0.2) is 0 Å². The van der Waals surface area contributed by atoms with Crippen LogP contribution in [0.2, 0.25) is 0 Å². The van der Waals surface area contributed by atoms with Crippen LogP contribution in [-0.2, 0) is 6.54 Å². The van der Waals surface area contributed by atoms with E-state index < -0.39 is 0 Å². The smallest absolute Gasteiger partial charge is 0.119 e. The van der Waals surface area contributed by atoms with E-state index in [0.717, 1.165) is 15.8 Å². The fourth-order valence-corrected chi connectivity index (χ4v) is 1.87. The summed E-state index contributed by atoms with van der Waals surface area (Å²) >= 11 is 9.36. The van der Waals surface area contributed by atoms with E-state index in [4.69, 9.17) is 16.3 Å². The molecule has 0 aliphatic rings. The molecular weight excluding hydrogens is 316 g/mol. The summed E-state index contributed by atoms with van der Waals surface area (Å²) in [5, 5.41) is 4.22. The lowest BCUT2D eigenvalue weighted by molar-refractivity contribution is 0.291. The molecule has 0 aliphatic heterocycles. The van der Waals surface area contributed by atoms with Crippen molar-refractivity contribution in [3.8, 4) is 5.75 Å². The van der Waals surface area contributed by atoms with Gasteiger partial charge in [0.15, 0.2) is 0 Å². The van der Waals surface area contributed by atoms with Gasteiger partial charge in [0, 0.05) is 16.2 Å². The molecular formula is C13H14BrClN2O. The molecule has 96 valence electrons. The third-order valence-corrected chi connectivity index (χ3v) is 3.30. The van der Waals surface area contributed by atoms with Crippen LogP contribution in [0, 0.1) is 0 Å². The average molecular weight is 330 g/mol. The number of nitrogens with zero attached hydrogens (tertiary/aromatic N) is 2. The molecule has 0 aliphatic carbocycles. The van der Waals surface area contributed by atoms with Crippen LogP contribution in [0.3, 0.4) is 0 Å². The molecule has 1 unspecified atom stereocenters. The predicted octanol–water partition coefficient (Wildman–Crippen LogP) is 4.02. The standard InChI is InChI=1S/C13H14BrClN2O/c1-10(15)11-8-16-17(9-11)6-7-18-13-4-2-12(14)3-5-13/h2-5,8-10H,6-7H2,1H3. The van der Waals surface area contributed by atoms with Gasteiger partial charge in [0.05, 0.1) is 18.1 Å². The van der Waals surface area contributed by atoms with Gasteiger partial charge in [0.25, 0.3) is 0 Å². The first-order valence-electron chi connectivity index (χ1n) is 5.70. The molecule has 0 fully saturated rings. The van der Waals surface area contributed by atoms with Crippen molar-refractivity contribution in [2.75, 3.05) is 6.61 Å². The summed E-state index contributed by atoms with van der Waals surface area (Å²) in [6.07, 6.45) is 3.74. The zero-order valence-corrected chi connectivity index (χ0v) is 12.4. The number of hydrogen-bond acceptors (Lipinski definition) is 2. The third kappa shape index (κ3) is 3.75. The Morgan fingerprint density at radius 3 is 2.72 bits per heavy atom. The summed E-state index contributed by atoms with van der Waals surface area (Å²) in [6.45, 7) is 3.22. The minimum atomic E-state index is -0.00820. The summed E-state index contributed by atoms with van der Waals surface area (Å²) in [4.78, 5) is 0. The van der Waals surface area contributed by atoms with Crippen LogP contribution < -0.4 is 4.74 Å². The maximum absolute atomic E-state index is 5.97. The molecule has 0 N–H and O–H groups in total. The maximum Gasteiger partial charge on any atom is 0.119 e. The van der Waals surface area contributed by atoms with Crippen molar-refractivity contribution >= 4 is 27.5 Å². The van der Waals surface area contributed by atoms with Crippen LogP contribution in [0.15, 0.2) is 41.1 Å². The molecule has 2 aromatic rings. The van der Waals surface area contributed by atoms with Gasteiger partial charge in [-0.1, -0.05) is 15.9 Å². The number of ether oxygens (including phenoxy) is 1. The van der Waals surface area contributed by atoms with Crippen molar-refractivity contribution in [2.24, 2.45) is 0 Å². The van der Waals surface area contributed by atoms with E-state index in [9.17, 15) is 0 Å². The Hall–Kier alpha value is -1.00. The lowest BCUT2D eigenvalue weighted by atomic mass is 10.3. The Kier molecular flexibility index (Phi) is 4.66. The van der Waals surface area contributed by atoms with Crippen LogP contribution in [-0.4, -0.2) is 16.4 Å². The van der Waals surface area contributed by atoms with Gasteiger partial charge >= 0.3 is 0 Å². The van der Waals surface area contributed by atoms with Gasteiger partial charge in [-0.05, 0) is 31.2 Å². The van der Waals surface area contributed by atoms with Crippen LogP contribution in [0.5, 0.6) is 5.75 Å². The quantitative estimate of drug-likeness (QED) is 0.775. The molecule has 0 spiro atoms. The Morgan fingerprint density at radius 2 is 2.11 bits per heavy atom. The Bertz CT molecular complexity index is 496. The first kappa shape index (κ1) is 13.4. The molecule has 5 heteroatoms. The van der Waals surface area contributed by atoms with Crippen molar-refractivity contribution in [3.05, 3.63) is 46.7 Å². The lowest BCUT2D eigenvalue weighted by Gasteiger charge is -2.06. The molecule has 1 heterocycles. The van der Waals surface area contributed by atoms with Gasteiger partial charge < -0.3 is 4.74 Å². The van der Waals surface area contributed by atoms with Crippen molar-refractivity contribution in [1.29, 1.82) is 0 Å². The van der Waals surface area contributed by atoms with Crippen molar-refractivity contribution < 1.29 is 4.74 Å². The zero-order chi connectivity index (χ0) is 13.0. The lowest BCUT2D eigenvalue weighted by Crippen LogP contribution is -2.08. The number of aromatic nitrogens is 2. The van der Waals surface area contributed by atoms with Crippen LogP contribution in [0.4, 0.5) is 0 Å². The molecule has 0 radical (unpaired) electrons. The summed E-state index contributed by atoms with van der Waals surface area (Å²) in [5.74, 6) is 0.858. The summed E-state index contributed by atoms with van der Waals surface area (Å²) < 4.78 is 8.50. The maximum atomic E-state index is 5.97. The molecule has 1 aromatic carbocycles. The largest absolute Gasteiger partial charge is 0.492 e. The zero-order valence-electron chi connectivity index (χ0n) is 10.0. The van der Waals surface area contributed by atoms with E-state index in [1.807, 2.05) is 42.1 Å². The van der Waals surface area contributed by atoms with Gasteiger partial charge in [-0.15, -0.1) is 11.6 Å². The van der Waals surface area contributed by atoms with E-state index >= 15 is 0 Å². The monoisotopic (exact) mass is 328 g/mol. The highest BCUT2D eigenvalue weighted by atomic mass is 79.9. The van der Waals surface area contributed by atoms with Crippen molar-refractivity contribution in [1.82, 2.24) is 9.78 Å². The van der Waals surface area contributed by atoms with E-state index in [0.29, 0.717) is 13.2 Å². The SMILES string of the molecule is CC(Cl)c1cnn(CCOc2ccc(Br)cc2)c1. The number of rotatable bonds is 5. The van der Waals surface area contributed by atoms with Gasteiger partial charge in [-0.2, -0.15) is 5.10 Å². The predicted molar refractivity (Wildman–Crippen MR) is 76.1 cm³/mol. The molecule has 0 saturated carbocycles. The van der Waals surface area contributed by atoms with Gasteiger partial charge in [0.2, 0.25) is 0 Å². The van der Waals surface area contributed by atoms with Crippen LogP contribution >= 0.6 is 27.5 Å². The molecule has 0 bridgehead atoms. The highest BCUT2D eigenvalue weighted by Gasteiger charge is 2.04. The molecule has 0 saturated heterocycles. The Balaban J connectivity index is 1.82. The highest BCUT2D eigenvalue weighted by molar-refractivity contribution is 9.10. The molecule has 2 rings (SSSR count). The average Bonchev–Trinajstić information content (AvgIpc) is 2.81. The van der Waals surface area contributed by atoms with Crippen LogP contribution in [0.25, 0.3) is 0 Å². The highest BCUT2D eigenvalue weighted by Crippen LogP contribution is 2.18. The first-order chi connectivity index (χ1) is 8.65. The second-order valence-electron chi connectivity index (χ2n) is 3.96. The molecule has 18 heavy (non-hydrogen) atoms. The fraction of sp³-hybridized carbons (Fsp3) is 0.308. The van der Waals surface area contributed by atoms with E-state index in [-0.39, 0.29) is 5.38 Å². The third-order valence-electron chi connectivity index (χ3n) is 2.52. The normalized spacial score (nSPS) is 12.4. The summed E-state index contributed by atoms with van der Waals surface area (Å²) in [7, 11) is 0.